The molecule has 32 heavy (non-hydrogen) atoms. The number of fused-ring (bicyclic) bond motifs is 2. The Labute approximate surface area is 182 Å². The number of anilines is 1. The van der Waals surface area contributed by atoms with Crippen molar-refractivity contribution >= 4 is 23.6 Å². The Bertz CT molecular complexity index is 1070. The fraction of sp³-hybridized carbons (Fsp3) is 0.364. The standard InChI is InChI=1S/C22H21F3N6O/c23-22(24,25)17-10-29-18(11-28-17)30-15-8-13-9-16(15)31(12-13)21(32)20-19(26-6-7-27-20)14-4-2-1-3-5-14/h1-5,7,10-11,13,15-16,26H,6,8-9,12H2,(H,29,30). The van der Waals surface area contributed by atoms with Gasteiger partial charge in [-0.05, 0) is 18.8 Å². The minimum Gasteiger partial charge on any atom is -0.378 e. The highest BCUT2D eigenvalue weighted by atomic mass is 19.4. The number of hydrogen-bond acceptors (Lipinski definition) is 6. The predicted octanol–water partition coefficient (Wildman–Crippen LogP) is 2.94. The van der Waals surface area contributed by atoms with Crippen LogP contribution in [-0.2, 0) is 11.0 Å². The summed E-state index contributed by atoms with van der Waals surface area (Å²) < 4.78 is 38.2. The fourth-order valence-corrected chi connectivity index (χ4v) is 4.73. The van der Waals surface area contributed by atoms with Crippen molar-refractivity contribution in [3.05, 3.63) is 59.7 Å². The summed E-state index contributed by atoms with van der Waals surface area (Å²) >= 11 is 0. The summed E-state index contributed by atoms with van der Waals surface area (Å²) in [6, 6.07) is 9.40. The van der Waals surface area contributed by atoms with Crippen molar-refractivity contribution in [1.29, 1.82) is 0 Å². The van der Waals surface area contributed by atoms with E-state index in [-0.39, 0.29) is 23.8 Å². The van der Waals surface area contributed by atoms with Gasteiger partial charge in [-0.3, -0.25) is 9.79 Å². The third-order valence-corrected chi connectivity index (χ3v) is 6.11. The number of hydrogen-bond donors (Lipinski definition) is 2. The quantitative estimate of drug-likeness (QED) is 0.761. The molecule has 0 spiro atoms. The van der Waals surface area contributed by atoms with Gasteiger partial charge in [-0.1, -0.05) is 30.3 Å². The molecule has 7 nitrogen and oxygen atoms in total. The van der Waals surface area contributed by atoms with E-state index >= 15 is 0 Å². The average molecular weight is 442 g/mol. The van der Waals surface area contributed by atoms with E-state index in [2.05, 4.69) is 25.6 Å². The lowest BCUT2D eigenvalue weighted by atomic mass is 10.0. The first-order chi connectivity index (χ1) is 15.4. The zero-order valence-corrected chi connectivity index (χ0v) is 17.0. The van der Waals surface area contributed by atoms with E-state index in [1.807, 2.05) is 35.2 Å². The summed E-state index contributed by atoms with van der Waals surface area (Å²) in [7, 11) is 0. The van der Waals surface area contributed by atoms with Gasteiger partial charge >= 0.3 is 6.18 Å². The van der Waals surface area contributed by atoms with E-state index in [1.54, 1.807) is 6.21 Å². The Morgan fingerprint density at radius 3 is 2.62 bits per heavy atom. The maximum atomic E-state index is 13.5. The van der Waals surface area contributed by atoms with Crippen LogP contribution in [0.25, 0.3) is 5.70 Å². The van der Waals surface area contributed by atoms with Gasteiger partial charge in [0.2, 0.25) is 0 Å². The van der Waals surface area contributed by atoms with Crippen molar-refractivity contribution in [2.24, 2.45) is 10.9 Å². The van der Waals surface area contributed by atoms with E-state index in [4.69, 9.17) is 0 Å². The van der Waals surface area contributed by atoms with Crippen LogP contribution in [0.2, 0.25) is 0 Å². The summed E-state index contributed by atoms with van der Waals surface area (Å²) in [5.41, 5.74) is 0.949. The number of nitrogens with zero attached hydrogens (tertiary/aromatic N) is 4. The van der Waals surface area contributed by atoms with Gasteiger partial charge in [-0.2, -0.15) is 13.2 Å². The van der Waals surface area contributed by atoms with E-state index in [9.17, 15) is 18.0 Å². The number of likely N-dealkylation sites (tertiary alicyclic amines) is 1. The summed E-state index contributed by atoms with van der Waals surface area (Å²) in [6.45, 7) is 1.19. The summed E-state index contributed by atoms with van der Waals surface area (Å²) in [5.74, 6) is 0.444. The van der Waals surface area contributed by atoms with Gasteiger partial charge in [-0.25, -0.2) is 9.97 Å². The first-order valence-electron chi connectivity index (χ1n) is 10.4. The molecule has 1 amide bonds. The summed E-state index contributed by atoms with van der Waals surface area (Å²) in [6.07, 6.45) is 0.622. The van der Waals surface area contributed by atoms with Gasteiger partial charge in [0.05, 0.1) is 30.7 Å². The Morgan fingerprint density at radius 1 is 1.12 bits per heavy atom. The van der Waals surface area contributed by atoms with Crippen molar-refractivity contribution in [3.8, 4) is 0 Å². The van der Waals surface area contributed by atoms with Crippen LogP contribution < -0.4 is 10.6 Å². The van der Waals surface area contributed by atoms with Crippen LogP contribution >= 0.6 is 0 Å². The molecule has 166 valence electrons. The number of carbonyl (C=O) groups excluding carboxylic acids is 1. The van der Waals surface area contributed by atoms with Gasteiger partial charge in [0, 0.05) is 24.4 Å². The normalized spacial score (nSPS) is 24.6. The molecule has 1 saturated heterocycles. The number of alkyl halides is 3. The number of amides is 1. The lowest BCUT2D eigenvalue weighted by Crippen LogP contribution is -2.48. The molecule has 5 rings (SSSR count). The second-order valence-corrected chi connectivity index (χ2v) is 8.18. The number of aliphatic imine (C=N–C) groups is 1. The molecule has 1 saturated carbocycles. The molecule has 3 aliphatic rings. The molecule has 2 aromatic rings. The molecule has 3 unspecified atom stereocenters. The zero-order valence-electron chi connectivity index (χ0n) is 17.0. The van der Waals surface area contributed by atoms with Crippen molar-refractivity contribution in [1.82, 2.24) is 20.2 Å². The minimum absolute atomic E-state index is 0.0850. The first-order valence-corrected chi connectivity index (χ1v) is 10.4. The van der Waals surface area contributed by atoms with Gasteiger partial charge in [-0.15, -0.1) is 0 Å². The van der Waals surface area contributed by atoms with E-state index in [1.165, 1.54) is 0 Å². The third kappa shape index (κ3) is 3.80. The third-order valence-electron chi connectivity index (χ3n) is 6.11. The summed E-state index contributed by atoms with van der Waals surface area (Å²) in [4.78, 5) is 27.0. The summed E-state index contributed by atoms with van der Waals surface area (Å²) in [5, 5.41) is 6.44. The Morgan fingerprint density at radius 2 is 1.94 bits per heavy atom. The second kappa shape index (κ2) is 7.92. The number of nitrogens with one attached hydrogen (secondary N) is 2. The Hall–Kier alpha value is -3.43. The maximum Gasteiger partial charge on any atom is 0.434 e. The van der Waals surface area contributed by atoms with Crippen LogP contribution in [0.4, 0.5) is 19.0 Å². The van der Waals surface area contributed by atoms with E-state index < -0.39 is 11.9 Å². The molecule has 1 aliphatic carbocycles. The monoisotopic (exact) mass is 442 g/mol. The largest absolute Gasteiger partial charge is 0.434 e. The highest BCUT2D eigenvalue weighted by Crippen LogP contribution is 2.40. The number of halogens is 3. The Balaban J connectivity index is 1.35. The molecule has 3 atom stereocenters. The zero-order chi connectivity index (χ0) is 22.3. The van der Waals surface area contributed by atoms with E-state index in [0.717, 1.165) is 30.8 Å². The lowest BCUT2D eigenvalue weighted by Gasteiger charge is -2.34. The van der Waals surface area contributed by atoms with Crippen LogP contribution in [0.1, 0.15) is 24.1 Å². The average Bonchev–Trinajstić information content (AvgIpc) is 3.40. The Kier molecular flexibility index (Phi) is 5.07. The van der Waals surface area contributed by atoms with E-state index in [0.29, 0.717) is 30.4 Å². The molecule has 1 aromatic heterocycles. The van der Waals surface area contributed by atoms with Gasteiger partial charge in [0.25, 0.3) is 5.91 Å². The molecular weight excluding hydrogens is 421 g/mol. The molecule has 10 heteroatoms. The molecular formula is C22H21F3N6O. The molecule has 2 N–H and O–H groups in total. The minimum atomic E-state index is -4.53. The van der Waals surface area contributed by atoms with Crippen LogP contribution in [0.3, 0.4) is 0 Å². The van der Waals surface area contributed by atoms with Crippen molar-refractivity contribution in [2.75, 3.05) is 18.4 Å². The highest BCUT2D eigenvalue weighted by Gasteiger charge is 2.48. The number of rotatable bonds is 4. The van der Waals surface area contributed by atoms with Crippen LogP contribution in [0.5, 0.6) is 0 Å². The van der Waals surface area contributed by atoms with Crippen LogP contribution in [0, 0.1) is 5.92 Å². The maximum absolute atomic E-state index is 13.5. The number of aromatic nitrogens is 2. The molecule has 2 aliphatic heterocycles. The smallest absolute Gasteiger partial charge is 0.378 e. The SMILES string of the molecule is O=C(C1=C(c2ccccc2)NCC=N1)N1CC2CC(Nc3cnc(C(F)(F)F)cn3)C1C2. The fourth-order valence-electron chi connectivity index (χ4n) is 4.73. The topological polar surface area (TPSA) is 82.5 Å². The number of piperidine rings is 1. The van der Waals surface area contributed by atoms with Gasteiger partial charge in [0.1, 0.15) is 5.82 Å². The van der Waals surface area contributed by atoms with Crippen molar-refractivity contribution in [3.63, 3.8) is 0 Å². The highest BCUT2D eigenvalue weighted by molar-refractivity contribution is 6.03. The van der Waals surface area contributed by atoms with Gasteiger partial charge in [0.15, 0.2) is 11.4 Å². The first kappa shape index (κ1) is 20.5. The van der Waals surface area contributed by atoms with Crippen molar-refractivity contribution in [2.45, 2.75) is 31.1 Å². The van der Waals surface area contributed by atoms with Crippen LogP contribution in [0.15, 0.2) is 53.4 Å². The molecule has 3 heterocycles. The molecule has 1 aromatic carbocycles. The molecule has 0 radical (unpaired) electrons. The molecule has 2 fully saturated rings. The lowest BCUT2D eigenvalue weighted by molar-refractivity contribution is -0.141. The number of benzene rings is 1. The predicted molar refractivity (Wildman–Crippen MR) is 113 cm³/mol. The second-order valence-electron chi connectivity index (χ2n) is 8.18. The van der Waals surface area contributed by atoms with Gasteiger partial charge < -0.3 is 15.5 Å². The van der Waals surface area contributed by atoms with Crippen molar-refractivity contribution < 1.29 is 18.0 Å². The van der Waals surface area contributed by atoms with Crippen LogP contribution in [-0.4, -0.2) is 52.2 Å². The number of carbonyl (C=O) groups is 1. The molecule has 2 bridgehead atoms.